The van der Waals surface area contributed by atoms with E-state index in [4.69, 9.17) is 24.0 Å². The van der Waals surface area contributed by atoms with E-state index in [1.807, 2.05) is 23.6 Å². The number of rotatable bonds is 8. The number of hydrogen-bond donors (Lipinski definition) is 0. The molecular weight excluding hydrogens is 418 g/mol. The monoisotopic (exact) mass is 452 g/mol. The molecule has 3 aromatic rings. The van der Waals surface area contributed by atoms with Crippen LogP contribution in [0.15, 0.2) is 30.3 Å². The van der Waals surface area contributed by atoms with Gasteiger partial charge in [-0.25, -0.2) is 4.52 Å². The van der Waals surface area contributed by atoms with Crippen molar-refractivity contribution in [2.24, 2.45) is 5.92 Å². The number of hydrogen-bond acceptors (Lipinski definition) is 5. The van der Waals surface area contributed by atoms with Crippen LogP contribution in [0.25, 0.3) is 16.8 Å². The third-order valence-electron chi connectivity index (χ3n) is 7.26. The first-order valence-electron chi connectivity index (χ1n) is 11.7. The minimum Gasteiger partial charge on any atom is -0.496 e. The fraction of sp³-hybridized carbons (Fsp3) is 0.500. The van der Waals surface area contributed by atoms with E-state index in [0.29, 0.717) is 11.9 Å². The van der Waals surface area contributed by atoms with Crippen molar-refractivity contribution in [3.8, 4) is 28.6 Å². The maximum atomic E-state index is 5.91. The van der Waals surface area contributed by atoms with Gasteiger partial charge in [-0.05, 0) is 49.6 Å². The summed E-state index contributed by atoms with van der Waals surface area (Å²) in [5.41, 5.74) is 5.05. The van der Waals surface area contributed by atoms with E-state index in [-0.39, 0.29) is 0 Å². The molecule has 1 saturated heterocycles. The van der Waals surface area contributed by atoms with Gasteiger partial charge >= 0.3 is 0 Å². The number of methoxy groups -OCH3 is 3. The van der Waals surface area contributed by atoms with E-state index < -0.39 is 0 Å². The van der Waals surface area contributed by atoms with Crippen LogP contribution in [0.2, 0.25) is 0 Å². The Morgan fingerprint density at radius 3 is 2.36 bits per heavy atom. The average Bonchev–Trinajstić information content (AvgIpc) is 3.29. The van der Waals surface area contributed by atoms with Crippen molar-refractivity contribution in [3.63, 3.8) is 0 Å². The smallest absolute Gasteiger partial charge is 0.296 e. The molecular formula is C26H34N3O4+. The molecule has 33 heavy (non-hydrogen) atoms. The van der Waals surface area contributed by atoms with Gasteiger partial charge in [-0.15, -0.1) is 5.10 Å². The molecule has 0 radical (unpaired) electrons. The summed E-state index contributed by atoms with van der Waals surface area (Å²) < 4.78 is 26.1. The first-order chi connectivity index (χ1) is 16.0. The molecule has 1 aromatic carbocycles. The predicted octanol–water partition coefficient (Wildman–Crippen LogP) is 4.47. The largest absolute Gasteiger partial charge is 0.496 e. The molecule has 7 nitrogen and oxygen atoms in total. The molecule has 2 aliphatic rings. The highest BCUT2D eigenvalue weighted by molar-refractivity contribution is 5.83. The van der Waals surface area contributed by atoms with E-state index in [1.54, 1.807) is 21.3 Å². The molecule has 1 saturated carbocycles. The van der Waals surface area contributed by atoms with Crippen LogP contribution in [-0.2, 0) is 4.74 Å². The summed E-state index contributed by atoms with van der Waals surface area (Å²) in [6, 6.07) is 10.7. The van der Waals surface area contributed by atoms with Crippen LogP contribution < -0.4 is 18.7 Å². The lowest BCUT2D eigenvalue weighted by molar-refractivity contribution is 0.157. The third kappa shape index (κ3) is 3.73. The minimum atomic E-state index is 0.389. The van der Waals surface area contributed by atoms with Gasteiger partial charge < -0.3 is 18.9 Å². The lowest BCUT2D eigenvalue weighted by Gasteiger charge is -2.38. The molecule has 2 atom stereocenters. The van der Waals surface area contributed by atoms with Crippen LogP contribution in [-0.4, -0.2) is 63.8 Å². The maximum Gasteiger partial charge on any atom is 0.296 e. The Kier molecular flexibility index (Phi) is 5.70. The van der Waals surface area contributed by atoms with Gasteiger partial charge in [0.05, 0.1) is 59.4 Å². The molecule has 0 amide bonds. The first kappa shape index (κ1) is 22.0. The predicted molar refractivity (Wildman–Crippen MR) is 130 cm³/mol. The highest BCUT2D eigenvalue weighted by Gasteiger charge is 2.46. The van der Waals surface area contributed by atoms with E-state index in [1.165, 1.54) is 12.8 Å². The van der Waals surface area contributed by atoms with Crippen molar-refractivity contribution in [3.05, 3.63) is 35.9 Å². The zero-order chi connectivity index (χ0) is 23.2. The number of benzene rings is 1. The Balaban J connectivity index is 1.75. The van der Waals surface area contributed by atoms with Gasteiger partial charge in [-0.1, -0.05) is 6.07 Å². The number of quaternary nitrogens is 1. The second-order valence-electron chi connectivity index (χ2n) is 9.52. The van der Waals surface area contributed by atoms with Crippen molar-refractivity contribution in [2.75, 3.05) is 48.1 Å². The molecule has 3 heterocycles. The van der Waals surface area contributed by atoms with Crippen molar-refractivity contribution < 1.29 is 18.9 Å². The molecule has 1 aliphatic heterocycles. The number of nitrogens with zero attached hydrogens (tertiary/aromatic N) is 3. The highest BCUT2D eigenvalue weighted by Crippen LogP contribution is 2.46. The van der Waals surface area contributed by atoms with Crippen LogP contribution >= 0.6 is 0 Å². The van der Waals surface area contributed by atoms with Gasteiger partial charge in [0.25, 0.3) is 5.88 Å². The van der Waals surface area contributed by atoms with Gasteiger partial charge in [0.1, 0.15) is 23.1 Å². The number of ether oxygens (including phenoxy) is 4. The molecule has 7 heteroatoms. The van der Waals surface area contributed by atoms with Crippen LogP contribution in [0.4, 0.5) is 5.69 Å². The zero-order valence-electron chi connectivity index (χ0n) is 20.3. The topological polar surface area (TPSA) is 54.2 Å². The van der Waals surface area contributed by atoms with E-state index in [2.05, 4.69) is 25.2 Å². The van der Waals surface area contributed by atoms with Crippen molar-refractivity contribution >= 4 is 11.2 Å². The normalized spacial score (nSPS) is 20.1. The summed E-state index contributed by atoms with van der Waals surface area (Å²) in [7, 11) is 7.43. The van der Waals surface area contributed by atoms with Crippen molar-refractivity contribution in [1.29, 1.82) is 0 Å². The first-order valence-corrected chi connectivity index (χ1v) is 11.7. The van der Waals surface area contributed by atoms with Crippen LogP contribution in [0, 0.1) is 12.8 Å². The number of likely N-dealkylation sites (N-methyl/N-ethyl adjacent to an activating group) is 1. The summed E-state index contributed by atoms with van der Waals surface area (Å²) in [4.78, 5) is 0. The Morgan fingerprint density at radius 2 is 1.79 bits per heavy atom. The fourth-order valence-electron chi connectivity index (χ4n) is 5.37. The number of pyridine rings is 1. The van der Waals surface area contributed by atoms with Gasteiger partial charge in [0.15, 0.2) is 0 Å². The Labute approximate surface area is 195 Å². The number of aromatic nitrogens is 2. The Morgan fingerprint density at radius 1 is 1.06 bits per heavy atom. The molecule has 1 aliphatic carbocycles. The molecule has 5 rings (SSSR count). The maximum absolute atomic E-state index is 5.91. The van der Waals surface area contributed by atoms with E-state index >= 15 is 0 Å². The minimum absolute atomic E-state index is 0.389. The Hall–Kier alpha value is -2.77. The van der Waals surface area contributed by atoms with E-state index in [0.717, 1.165) is 76.1 Å². The summed E-state index contributed by atoms with van der Waals surface area (Å²) >= 11 is 0. The van der Waals surface area contributed by atoms with Crippen molar-refractivity contribution in [1.82, 2.24) is 14.1 Å². The molecule has 0 spiro atoms. The van der Waals surface area contributed by atoms with Gasteiger partial charge in [-0.3, -0.25) is 4.48 Å². The van der Waals surface area contributed by atoms with E-state index in [9.17, 15) is 0 Å². The van der Waals surface area contributed by atoms with Gasteiger partial charge in [-0.2, -0.15) is 0 Å². The summed E-state index contributed by atoms with van der Waals surface area (Å²) in [6.45, 7) is 4.69. The highest BCUT2D eigenvalue weighted by atomic mass is 16.5. The summed E-state index contributed by atoms with van der Waals surface area (Å²) in [6.07, 6.45) is 3.64. The lowest BCUT2D eigenvalue weighted by atomic mass is 10.0. The fourth-order valence-corrected chi connectivity index (χ4v) is 5.37. The lowest BCUT2D eigenvalue weighted by Crippen LogP contribution is -2.55. The third-order valence-corrected chi connectivity index (χ3v) is 7.26. The second kappa shape index (κ2) is 8.54. The van der Waals surface area contributed by atoms with Crippen LogP contribution in [0.1, 0.15) is 24.8 Å². The molecule has 176 valence electrons. The Bertz CT molecular complexity index is 1140. The van der Waals surface area contributed by atoms with Gasteiger partial charge in [0.2, 0.25) is 5.69 Å². The zero-order valence-corrected chi connectivity index (χ0v) is 20.3. The van der Waals surface area contributed by atoms with Crippen LogP contribution in [0.5, 0.6) is 17.4 Å². The molecule has 2 unspecified atom stereocenters. The average molecular weight is 453 g/mol. The molecule has 0 N–H and O–H groups in total. The summed E-state index contributed by atoms with van der Waals surface area (Å²) in [5.74, 6) is 2.93. The summed E-state index contributed by atoms with van der Waals surface area (Å²) in [5, 5.41) is 4.97. The van der Waals surface area contributed by atoms with Crippen molar-refractivity contribution in [2.45, 2.75) is 32.2 Å². The quantitative estimate of drug-likeness (QED) is 0.472. The number of aryl methyl sites for hydroxylation is 1. The SMILES string of the molecule is COc1cc(C)cc(OC)c1-c1cccc2c([N+](C)(CC3CC3)C3CCOC3)c(OC)nn12. The number of fused-ring (bicyclic) bond motifs is 1. The second-order valence-corrected chi connectivity index (χ2v) is 9.52. The molecule has 0 bridgehead atoms. The van der Waals surface area contributed by atoms with Crippen LogP contribution in [0.3, 0.4) is 0 Å². The molecule has 2 aromatic heterocycles. The standard InChI is InChI=1S/C26H34N3O4/c1-17-13-22(30-3)24(23(14-17)31-4)20-7-6-8-21-25(26(32-5)27-28(20)21)29(2,15-18-9-10-18)19-11-12-33-16-19/h6-8,13-14,18-19H,9-12,15-16H2,1-5H3/q+1. The molecule has 2 fully saturated rings. The van der Waals surface area contributed by atoms with Gasteiger partial charge in [0, 0.05) is 12.3 Å².